The third-order valence-corrected chi connectivity index (χ3v) is 0.936. The van der Waals surface area contributed by atoms with Gasteiger partial charge in [-0.05, 0) is 13.8 Å². The smallest absolute Gasteiger partial charge is 0.150 e. The summed E-state index contributed by atoms with van der Waals surface area (Å²) in [6.07, 6.45) is 0.833. The van der Waals surface area contributed by atoms with Gasteiger partial charge in [0.05, 0.1) is 0 Å². The maximum absolute atomic E-state index is 10.0. The van der Waals surface area contributed by atoms with Crippen LogP contribution in [0.2, 0.25) is 0 Å². The number of benzene rings is 1. The molecule has 78 valence electrons. The summed E-state index contributed by atoms with van der Waals surface area (Å²) in [6.45, 7) is 7.06. The van der Waals surface area contributed by atoms with Crippen LogP contribution in [0.3, 0.4) is 0 Å². The van der Waals surface area contributed by atoms with E-state index < -0.39 is 0 Å². The summed E-state index contributed by atoms with van der Waals surface area (Å²) in [5.41, 5.74) is 0.729. The molecular weight excluding hydrogens is 176 g/mol. The lowest BCUT2D eigenvalue weighted by Crippen LogP contribution is -1.73. The van der Waals surface area contributed by atoms with Crippen molar-refractivity contribution in [3.63, 3.8) is 0 Å². The first-order valence-electron chi connectivity index (χ1n) is 4.64. The lowest BCUT2D eigenvalue weighted by atomic mass is 10.2. The highest BCUT2D eigenvalue weighted by atomic mass is 16.1. The van der Waals surface area contributed by atoms with E-state index in [9.17, 15) is 9.59 Å². The predicted molar refractivity (Wildman–Crippen MR) is 59.5 cm³/mol. The molecule has 0 N–H and O–H groups in total. The molecule has 0 heterocycles. The molecule has 0 bridgehead atoms. The average Bonchev–Trinajstić information content (AvgIpc) is 2.21. The molecule has 0 atom stereocenters. The molecule has 1 aromatic carbocycles. The molecule has 14 heavy (non-hydrogen) atoms. The van der Waals surface area contributed by atoms with Gasteiger partial charge in [-0.3, -0.25) is 4.79 Å². The first kappa shape index (κ1) is 15.1. The minimum absolute atomic E-state index is 0.167. The Kier molecular flexibility index (Phi) is 12.4. The van der Waals surface area contributed by atoms with Crippen LogP contribution < -0.4 is 0 Å². The van der Waals surface area contributed by atoms with Crippen LogP contribution in [0.25, 0.3) is 0 Å². The summed E-state index contributed by atoms with van der Waals surface area (Å²) in [6, 6.07) is 9.10. The van der Waals surface area contributed by atoms with E-state index in [2.05, 4.69) is 0 Å². The molecule has 2 heteroatoms. The van der Waals surface area contributed by atoms with E-state index in [1.807, 2.05) is 32.0 Å². The minimum Gasteiger partial charge on any atom is -0.300 e. The van der Waals surface area contributed by atoms with Crippen molar-refractivity contribution in [3.05, 3.63) is 35.9 Å². The number of aldehydes is 1. The van der Waals surface area contributed by atoms with Gasteiger partial charge in [-0.2, -0.15) is 0 Å². The van der Waals surface area contributed by atoms with E-state index >= 15 is 0 Å². The van der Waals surface area contributed by atoms with Crippen molar-refractivity contribution in [2.24, 2.45) is 0 Å². The number of Topliss-reactive ketones (excluding diaryl/α,β-unsaturated/α-hetero) is 1. The van der Waals surface area contributed by atoms with Crippen molar-refractivity contribution in [1.82, 2.24) is 0 Å². The SMILES string of the molecule is CC.CC(C)=O.O=Cc1ccccc1. The van der Waals surface area contributed by atoms with Gasteiger partial charge < -0.3 is 4.79 Å². The van der Waals surface area contributed by atoms with Crippen LogP contribution >= 0.6 is 0 Å². The van der Waals surface area contributed by atoms with Crippen molar-refractivity contribution >= 4 is 12.1 Å². The number of carbonyl (C=O) groups excluding carboxylic acids is 2. The molecule has 0 saturated carbocycles. The Morgan fingerprint density at radius 2 is 1.43 bits per heavy atom. The van der Waals surface area contributed by atoms with Gasteiger partial charge in [-0.1, -0.05) is 44.2 Å². The van der Waals surface area contributed by atoms with Crippen molar-refractivity contribution in [2.75, 3.05) is 0 Å². The zero-order valence-corrected chi connectivity index (χ0v) is 9.28. The standard InChI is InChI=1S/C7H6O.C3H6O.C2H6/c8-6-7-4-2-1-3-5-7;1-3(2)4;1-2/h1-6H;1-2H3;1-2H3. The van der Waals surface area contributed by atoms with Crippen LogP contribution in [0.4, 0.5) is 0 Å². The number of carbonyl (C=O) groups is 2. The highest BCUT2D eigenvalue weighted by Gasteiger charge is 1.79. The molecule has 0 aliphatic carbocycles. The average molecular weight is 194 g/mol. The molecule has 1 rings (SSSR count). The molecule has 2 nitrogen and oxygen atoms in total. The van der Waals surface area contributed by atoms with Gasteiger partial charge in [0.2, 0.25) is 0 Å². The number of hydrogen-bond acceptors (Lipinski definition) is 2. The summed E-state index contributed by atoms with van der Waals surface area (Å²) in [7, 11) is 0. The largest absolute Gasteiger partial charge is 0.300 e. The van der Waals surface area contributed by atoms with E-state index in [0.29, 0.717) is 0 Å². The van der Waals surface area contributed by atoms with Crippen LogP contribution in [-0.4, -0.2) is 12.1 Å². The summed E-state index contributed by atoms with van der Waals surface area (Å²) in [5, 5.41) is 0. The lowest BCUT2D eigenvalue weighted by Gasteiger charge is -1.81. The Labute approximate surface area is 86.0 Å². The van der Waals surface area contributed by atoms with Gasteiger partial charge in [0.15, 0.2) is 0 Å². The highest BCUT2D eigenvalue weighted by Crippen LogP contribution is 1.91. The topological polar surface area (TPSA) is 34.1 Å². The van der Waals surface area contributed by atoms with Crippen LogP contribution in [0, 0.1) is 0 Å². The molecule has 0 radical (unpaired) electrons. The molecule has 0 spiro atoms. The molecule has 0 unspecified atom stereocenters. The van der Waals surface area contributed by atoms with Crippen LogP contribution in [-0.2, 0) is 4.79 Å². The number of ketones is 1. The number of hydrogen-bond donors (Lipinski definition) is 0. The van der Waals surface area contributed by atoms with Gasteiger partial charge in [0.25, 0.3) is 0 Å². The zero-order valence-electron chi connectivity index (χ0n) is 9.28. The maximum Gasteiger partial charge on any atom is 0.150 e. The Bertz CT molecular complexity index is 236. The first-order valence-corrected chi connectivity index (χ1v) is 4.64. The Morgan fingerprint density at radius 3 is 1.64 bits per heavy atom. The van der Waals surface area contributed by atoms with Gasteiger partial charge >= 0.3 is 0 Å². The Morgan fingerprint density at radius 1 is 1.07 bits per heavy atom. The van der Waals surface area contributed by atoms with Gasteiger partial charge in [-0.15, -0.1) is 0 Å². The van der Waals surface area contributed by atoms with Crippen molar-refractivity contribution in [1.29, 1.82) is 0 Å². The van der Waals surface area contributed by atoms with E-state index in [4.69, 9.17) is 0 Å². The molecule has 1 aromatic rings. The zero-order chi connectivity index (χ0) is 11.4. The summed E-state index contributed by atoms with van der Waals surface area (Å²) in [5.74, 6) is 0.167. The highest BCUT2D eigenvalue weighted by molar-refractivity contribution is 5.74. The second-order valence-corrected chi connectivity index (χ2v) is 2.44. The second-order valence-electron chi connectivity index (χ2n) is 2.44. The van der Waals surface area contributed by atoms with E-state index in [1.165, 1.54) is 13.8 Å². The quantitative estimate of drug-likeness (QED) is 0.644. The molecule has 0 saturated heterocycles. The van der Waals surface area contributed by atoms with E-state index in [-0.39, 0.29) is 5.78 Å². The van der Waals surface area contributed by atoms with Crippen LogP contribution in [0.1, 0.15) is 38.1 Å². The van der Waals surface area contributed by atoms with Gasteiger partial charge in [0, 0.05) is 5.56 Å². The van der Waals surface area contributed by atoms with Crippen molar-refractivity contribution in [3.8, 4) is 0 Å². The monoisotopic (exact) mass is 194 g/mol. The predicted octanol–water partition coefficient (Wildman–Crippen LogP) is 3.12. The molecule has 0 fully saturated rings. The number of rotatable bonds is 1. The van der Waals surface area contributed by atoms with E-state index in [1.54, 1.807) is 12.1 Å². The van der Waals surface area contributed by atoms with Gasteiger partial charge in [-0.25, -0.2) is 0 Å². The fraction of sp³-hybridized carbons (Fsp3) is 0.333. The maximum atomic E-state index is 10.0. The third kappa shape index (κ3) is 13.2. The van der Waals surface area contributed by atoms with Crippen LogP contribution in [0.15, 0.2) is 30.3 Å². The summed E-state index contributed by atoms with van der Waals surface area (Å²) >= 11 is 0. The fourth-order valence-corrected chi connectivity index (χ4v) is 0.532. The van der Waals surface area contributed by atoms with E-state index in [0.717, 1.165) is 11.8 Å². The Hall–Kier alpha value is -1.44. The molecule has 0 aromatic heterocycles. The van der Waals surface area contributed by atoms with Gasteiger partial charge in [0.1, 0.15) is 12.1 Å². The van der Waals surface area contributed by atoms with Crippen molar-refractivity contribution < 1.29 is 9.59 Å². The van der Waals surface area contributed by atoms with Crippen LogP contribution in [0.5, 0.6) is 0 Å². The van der Waals surface area contributed by atoms with Crippen molar-refractivity contribution in [2.45, 2.75) is 27.7 Å². The molecule has 0 amide bonds. The molecule has 0 aliphatic heterocycles. The summed E-state index contributed by atoms with van der Waals surface area (Å²) in [4.78, 5) is 19.5. The molecular formula is C12H18O2. The fourth-order valence-electron chi connectivity index (χ4n) is 0.532. The summed E-state index contributed by atoms with van der Waals surface area (Å²) < 4.78 is 0. The normalized spacial score (nSPS) is 7.14. The lowest BCUT2D eigenvalue weighted by molar-refractivity contribution is -0.114. The first-order chi connectivity index (χ1) is 6.66. The molecule has 0 aliphatic rings. The second kappa shape index (κ2) is 11.6. The Balaban J connectivity index is 0. The third-order valence-electron chi connectivity index (χ3n) is 0.936. The minimum atomic E-state index is 0.167.